The van der Waals surface area contributed by atoms with Crippen LogP contribution in [0.15, 0.2) is 42.5 Å². The molecular weight excluding hydrogens is 376 g/mol. The van der Waals surface area contributed by atoms with Crippen molar-refractivity contribution in [2.45, 2.75) is 45.4 Å². The van der Waals surface area contributed by atoms with Crippen molar-refractivity contribution in [3.63, 3.8) is 0 Å². The lowest BCUT2D eigenvalue weighted by Crippen LogP contribution is -2.28. The summed E-state index contributed by atoms with van der Waals surface area (Å²) in [5, 5.41) is 0. The summed E-state index contributed by atoms with van der Waals surface area (Å²) in [6.45, 7) is 2.44. The van der Waals surface area contributed by atoms with Gasteiger partial charge in [0.15, 0.2) is 12.6 Å². The van der Waals surface area contributed by atoms with Gasteiger partial charge < -0.3 is 14.2 Å². The normalized spacial score (nSPS) is 20.2. The number of fused-ring (bicyclic) bond motifs is 3. The van der Waals surface area contributed by atoms with Crippen molar-refractivity contribution < 1.29 is 19.0 Å². The summed E-state index contributed by atoms with van der Waals surface area (Å²) in [6, 6.07) is 14.2. The molecule has 0 bridgehead atoms. The number of allylic oxidation sites excluding steroid dienone is 2. The highest BCUT2D eigenvalue weighted by molar-refractivity contribution is 6.30. The number of Topliss-reactive ketones (excluding diaryl/α,β-unsaturated/α-hetero) is 1. The minimum Gasteiger partial charge on any atom is -0.497 e. The Hall–Kier alpha value is -2.59. The van der Waals surface area contributed by atoms with Gasteiger partial charge in [0.25, 0.3) is 0 Å². The summed E-state index contributed by atoms with van der Waals surface area (Å²) >= 11 is 0. The monoisotopic (exact) mass is 406 g/mol. The molecule has 158 valence electrons. The van der Waals surface area contributed by atoms with Crippen LogP contribution < -0.4 is 9.47 Å². The first-order chi connectivity index (χ1) is 14.6. The van der Waals surface area contributed by atoms with Crippen molar-refractivity contribution in [2.24, 2.45) is 5.41 Å². The molecule has 0 radical (unpaired) electrons. The summed E-state index contributed by atoms with van der Waals surface area (Å²) in [5.74, 6) is 1.86. The molecule has 0 aliphatic heterocycles. The minimum absolute atomic E-state index is 0.0408. The lowest BCUT2D eigenvalue weighted by Gasteiger charge is -2.36. The molecule has 0 heterocycles. The predicted octanol–water partition coefficient (Wildman–Crippen LogP) is 5.68. The third kappa shape index (κ3) is 3.65. The second-order valence-electron chi connectivity index (χ2n) is 8.33. The van der Waals surface area contributed by atoms with Crippen molar-refractivity contribution in [1.82, 2.24) is 0 Å². The standard InChI is InChI=1S/C26H30O4/c1-4-5-13-26-14-12-23(27)24(18-6-8-20(9-7-18)30-17-28-2)25(26)22-11-10-21(29-3)15-19(22)16-26/h6-11,15H,4-5,12-14,16-17H2,1-3H3. The van der Waals surface area contributed by atoms with Crippen LogP contribution >= 0.6 is 0 Å². The first-order valence-corrected chi connectivity index (χ1v) is 10.8. The number of ether oxygens (including phenoxy) is 3. The smallest absolute Gasteiger partial charge is 0.188 e. The van der Waals surface area contributed by atoms with E-state index in [9.17, 15) is 4.79 Å². The quantitative estimate of drug-likeness (QED) is 0.529. The van der Waals surface area contributed by atoms with E-state index in [1.165, 1.54) is 23.1 Å². The zero-order chi connectivity index (χ0) is 21.1. The van der Waals surface area contributed by atoms with E-state index in [0.717, 1.165) is 48.3 Å². The average Bonchev–Trinajstić information content (AvgIpc) is 3.10. The van der Waals surface area contributed by atoms with Crippen LogP contribution in [0, 0.1) is 5.41 Å². The second kappa shape index (κ2) is 8.65. The molecule has 0 saturated carbocycles. The zero-order valence-corrected chi connectivity index (χ0v) is 18.1. The maximum absolute atomic E-state index is 13.2. The lowest BCUT2D eigenvalue weighted by molar-refractivity contribution is -0.114. The van der Waals surface area contributed by atoms with Crippen LogP contribution in [0.2, 0.25) is 0 Å². The van der Waals surface area contributed by atoms with E-state index in [0.29, 0.717) is 6.42 Å². The summed E-state index contributed by atoms with van der Waals surface area (Å²) in [6.07, 6.45) is 5.96. The molecule has 4 nitrogen and oxygen atoms in total. The molecule has 0 aromatic heterocycles. The molecule has 0 fully saturated rings. The molecule has 4 heteroatoms. The van der Waals surface area contributed by atoms with Gasteiger partial charge in [-0.05, 0) is 65.8 Å². The van der Waals surface area contributed by atoms with Crippen LogP contribution in [0.1, 0.15) is 55.7 Å². The number of benzene rings is 2. The Morgan fingerprint density at radius 3 is 2.50 bits per heavy atom. The molecule has 0 N–H and O–H groups in total. The number of ketones is 1. The van der Waals surface area contributed by atoms with E-state index < -0.39 is 0 Å². The Morgan fingerprint density at radius 1 is 1.03 bits per heavy atom. The van der Waals surface area contributed by atoms with Crippen molar-refractivity contribution in [3.8, 4) is 11.5 Å². The van der Waals surface area contributed by atoms with Crippen molar-refractivity contribution in [2.75, 3.05) is 21.0 Å². The van der Waals surface area contributed by atoms with E-state index in [4.69, 9.17) is 14.2 Å². The number of rotatable bonds is 8. The molecule has 4 rings (SSSR count). The third-order valence-electron chi connectivity index (χ3n) is 6.50. The summed E-state index contributed by atoms with van der Waals surface area (Å²) in [5.41, 5.74) is 5.67. The number of methoxy groups -OCH3 is 2. The number of hydrogen-bond acceptors (Lipinski definition) is 4. The molecule has 0 amide bonds. The maximum atomic E-state index is 13.2. The highest BCUT2D eigenvalue weighted by Crippen LogP contribution is 2.58. The molecule has 0 saturated heterocycles. The zero-order valence-electron chi connectivity index (χ0n) is 18.1. The second-order valence-corrected chi connectivity index (χ2v) is 8.33. The molecular formula is C26H30O4. The van der Waals surface area contributed by atoms with Crippen molar-refractivity contribution in [3.05, 3.63) is 59.2 Å². The van der Waals surface area contributed by atoms with Gasteiger partial charge in [-0.15, -0.1) is 0 Å². The van der Waals surface area contributed by atoms with E-state index >= 15 is 0 Å². The van der Waals surface area contributed by atoms with E-state index in [-0.39, 0.29) is 18.0 Å². The largest absolute Gasteiger partial charge is 0.497 e. The van der Waals surface area contributed by atoms with E-state index in [2.05, 4.69) is 19.1 Å². The van der Waals surface area contributed by atoms with Gasteiger partial charge in [-0.25, -0.2) is 0 Å². The lowest BCUT2D eigenvalue weighted by atomic mass is 9.66. The van der Waals surface area contributed by atoms with Gasteiger partial charge in [-0.1, -0.05) is 38.0 Å². The fraction of sp³-hybridized carbons (Fsp3) is 0.423. The molecule has 1 unspecified atom stereocenters. The van der Waals surface area contributed by atoms with Crippen LogP contribution in [0.5, 0.6) is 11.5 Å². The molecule has 2 aliphatic rings. The van der Waals surface area contributed by atoms with Gasteiger partial charge in [-0.2, -0.15) is 0 Å². The Kier molecular flexibility index (Phi) is 5.96. The SMILES string of the molecule is CCCCC12CCC(=O)C(c3ccc(OCOC)cc3)=C1c1ccc(OC)cc1C2. The van der Waals surface area contributed by atoms with Crippen LogP contribution in [0.25, 0.3) is 11.1 Å². The first-order valence-electron chi connectivity index (χ1n) is 10.8. The van der Waals surface area contributed by atoms with Gasteiger partial charge >= 0.3 is 0 Å². The van der Waals surface area contributed by atoms with Crippen LogP contribution in [-0.4, -0.2) is 26.8 Å². The Labute approximate surface area is 178 Å². The molecule has 1 atom stereocenters. The Bertz CT molecular complexity index is 957. The van der Waals surface area contributed by atoms with Crippen molar-refractivity contribution >= 4 is 16.9 Å². The number of carbonyl (C=O) groups is 1. The first kappa shape index (κ1) is 20.7. The van der Waals surface area contributed by atoms with Gasteiger partial charge in [0.1, 0.15) is 11.5 Å². The van der Waals surface area contributed by atoms with Crippen molar-refractivity contribution in [1.29, 1.82) is 0 Å². The number of unbranched alkanes of at least 4 members (excludes halogenated alkanes) is 1. The summed E-state index contributed by atoms with van der Waals surface area (Å²) in [4.78, 5) is 13.2. The molecule has 2 aromatic carbocycles. The van der Waals surface area contributed by atoms with Gasteiger partial charge in [-0.3, -0.25) is 4.79 Å². The van der Waals surface area contributed by atoms with Gasteiger partial charge in [0.05, 0.1) is 7.11 Å². The third-order valence-corrected chi connectivity index (χ3v) is 6.50. The predicted molar refractivity (Wildman–Crippen MR) is 119 cm³/mol. The molecule has 2 aliphatic carbocycles. The molecule has 2 aromatic rings. The van der Waals surface area contributed by atoms with E-state index in [1.54, 1.807) is 14.2 Å². The van der Waals surface area contributed by atoms with Crippen LogP contribution in [0.3, 0.4) is 0 Å². The highest BCUT2D eigenvalue weighted by atomic mass is 16.7. The number of carbonyl (C=O) groups excluding carboxylic acids is 1. The van der Waals surface area contributed by atoms with Gasteiger partial charge in [0.2, 0.25) is 0 Å². The fourth-order valence-electron chi connectivity index (χ4n) is 5.06. The topological polar surface area (TPSA) is 44.8 Å². The number of hydrogen-bond donors (Lipinski definition) is 0. The molecule has 30 heavy (non-hydrogen) atoms. The Balaban J connectivity index is 1.85. The maximum Gasteiger partial charge on any atom is 0.188 e. The highest BCUT2D eigenvalue weighted by Gasteiger charge is 2.46. The van der Waals surface area contributed by atoms with Crippen LogP contribution in [0.4, 0.5) is 0 Å². The van der Waals surface area contributed by atoms with E-state index in [1.807, 2.05) is 30.3 Å². The summed E-state index contributed by atoms with van der Waals surface area (Å²) < 4.78 is 16.0. The van der Waals surface area contributed by atoms with Gasteiger partial charge in [0, 0.05) is 24.5 Å². The molecule has 0 spiro atoms. The minimum atomic E-state index is 0.0408. The van der Waals surface area contributed by atoms with Crippen LogP contribution in [-0.2, 0) is 16.0 Å². The average molecular weight is 407 g/mol. The Morgan fingerprint density at radius 2 is 1.80 bits per heavy atom. The fourth-order valence-corrected chi connectivity index (χ4v) is 5.06. The summed E-state index contributed by atoms with van der Waals surface area (Å²) in [7, 11) is 3.31.